The van der Waals surface area contributed by atoms with Gasteiger partial charge in [0.05, 0.1) is 19.9 Å². The molecule has 0 amide bonds. The number of halogens is 2. The highest BCUT2D eigenvalue weighted by Crippen LogP contribution is 2.36. The van der Waals surface area contributed by atoms with E-state index < -0.39 is 4.92 Å². The van der Waals surface area contributed by atoms with E-state index in [1.54, 1.807) is 12.1 Å². The van der Waals surface area contributed by atoms with Crippen molar-refractivity contribution in [2.24, 2.45) is 5.73 Å². The van der Waals surface area contributed by atoms with Crippen molar-refractivity contribution in [1.82, 2.24) is 0 Å². The Kier molecular flexibility index (Phi) is 4.74. The van der Waals surface area contributed by atoms with Gasteiger partial charge in [-0.1, -0.05) is 6.07 Å². The Morgan fingerprint density at radius 2 is 1.85 bits per heavy atom. The van der Waals surface area contributed by atoms with Crippen LogP contribution in [0.1, 0.15) is 5.56 Å². The number of rotatable bonds is 4. The van der Waals surface area contributed by atoms with E-state index in [1.165, 1.54) is 12.1 Å². The molecule has 0 aliphatic heterocycles. The summed E-state index contributed by atoms with van der Waals surface area (Å²) >= 11 is 6.69. The standard InChI is InChI=1S/C13H10Br2N2O3/c14-10-3-2-9(17(18)19)6-13(10)20-12-4-1-8(7-16)5-11(12)15/h1-6H,7,16H2. The lowest BCUT2D eigenvalue weighted by atomic mass is 10.2. The highest BCUT2D eigenvalue weighted by Gasteiger charge is 2.12. The predicted octanol–water partition coefficient (Wildman–Crippen LogP) is 4.37. The number of benzene rings is 2. The van der Waals surface area contributed by atoms with Gasteiger partial charge in [0.2, 0.25) is 0 Å². The zero-order valence-electron chi connectivity index (χ0n) is 10.2. The molecule has 0 atom stereocenters. The molecule has 7 heteroatoms. The molecular weight excluding hydrogens is 392 g/mol. The second kappa shape index (κ2) is 6.34. The maximum Gasteiger partial charge on any atom is 0.273 e. The first-order valence-electron chi connectivity index (χ1n) is 5.61. The minimum Gasteiger partial charge on any atom is -0.455 e. The first-order chi connectivity index (χ1) is 9.51. The molecule has 0 bridgehead atoms. The molecule has 0 aliphatic carbocycles. The van der Waals surface area contributed by atoms with E-state index in [2.05, 4.69) is 31.9 Å². The molecular formula is C13H10Br2N2O3. The third kappa shape index (κ3) is 3.36. The molecule has 0 spiro atoms. The Hall–Kier alpha value is -1.44. The number of non-ortho nitro benzene ring substituents is 1. The summed E-state index contributed by atoms with van der Waals surface area (Å²) in [5, 5.41) is 10.8. The van der Waals surface area contributed by atoms with E-state index >= 15 is 0 Å². The zero-order chi connectivity index (χ0) is 14.7. The van der Waals surface area contributed by atoms with Crippen molar-refractivity contribution in [2.75, 3.05) is 0 Å². The fraction of sp³-hybridized carbons (Fsp3) is 0.0769. The highest BCUT2D eigenvalue weighted by atomic mass is 79.9. The van der Waals surface area contributed by atoms with Gasteiger partial charge in [-0.2, -0.15) is 0 Å². The van der Waals surface area contributed by atoms with Gasteiger partial charge >= 0.3 is 0 Å². The van der Waals surface area contributed by atoms with Crippen LogP contribution in [-0.4, -0.2) is 4.92 Å². The van der Waals surface area contributed by atoms with Crippen molar-refractivity contribution in [2.45, 2.75) is 6.54 Å². The van der Waals surface area contributed by atoms with Crippen molar-refractivity contribution >= 4 is 37.5 Å². The first-order valence-corrected chi connectivity index (χ1v) is 7.20. The molecule has 2 N–H and O–H groups in total. The molecule has 0 aromatic heterocycles. The van der Waals surface area contributed by atoms with Crippen LogP contribution in [0.3, 0.4) is 0 Å². The summed E-state index contributed by atoms with van der Waals surface area (Å²) in [6.07, 6.45) is 0. The van der Waals surface area contributed by atoms with E-state index in [4.69, 9.17) is 10.5 Å². The lowest BCUT2D eigenvalue weighted by Crippen LogP contribution is -1.96. The first kappa shape index (κ1) is 15.0. The molecule has 0 fully saturated rings. The second-order valence-electron chi connectivity index (χ2n) is 3.94. The van der Waals surface area contributed by atoms with Gasteiger partial charge in [-0.05, 0) is 55.6 Å². The normalized spacial score (nSPS) is 10.3. The van der Waals surface area contributed by atoms with E-state index in [1.807, 2.05) is 12.1 Å². The molecule has 0 unspecified atom stereocenters. The predicted molar refractivity (Wildman–Crippen MR) is 82.9 cm³/mol. The van der Waals surface area contributed by atoms with Crippen LogP contribution in [-0.2, 0) is 6.54 Å². The van der Waals surface area contributed by atoms with Crippen molar-refractivity contribution in [3.63, 3.8) is 0 Å². The summed E-state index contributed by atoms with van der Waals surface area (Å²) in [7, 11) is 0. The molecule has 2 aromatic carbocycles. The number of nitrogens with zero attached hydrogens (tertiary/aromatic N) is 1. The van der Waals surface area contributed by atoms with E-state index in [-0.39, 0.29) is 5.69 Å². The maximum absolute atomic E-state index is 10.8. The number of hydrogen-bond acceptors (Lipinski definition) is 4. The number of nitrogens with two attached hydrogens (primary N) is 1. The van der Waals surface area contributed by atoms with E-state index in [9.17, 15) is 10.1 Å². The van der Waals surface area contributed by atoms with Gasteiger partial charge in [0.15, 0.2) is 0 Å². The average molecular weight is 402 g/mol. The van der Waals surface area contributed by atoms with Crippen molar-refractivity contribution < 1.29 is 9.66 Å². The minimum atomic E-state index is -0.466. The van der Waals surface area contributed by atoms with Crippen LogP contribution in [0.2, 0.25) is 0 Å². The Balaban J connectivity index is 2.34. The Labute approximate surface area is 132 Å². The maximum atomic E-state index is 10.8. The topological polar surface area (TPSA) is 78.4 Å². The highest BCUT2D eigenvalue weighted by molar-refractivity contribution is 9.11. The molecule has 5 nitrogen and oxygen atoms in total. The van der Waals surface area contributed by atoms with Crippen LogP contribution < -0.4 is 10.5 Å². The van der Waals surface area contributed by atoms with Gasteiger partial charge in [0.1, 0.15) is 11.5 Å². The second-order valence-corrected chi connectivity index (χ2v) is 5.65. The number of ether oxygens (including phenoxy) is 1. The summed E-state index contributed by atoms with van der Waals surface area (Å²) in [5.41, 5.74) is 6.49. The van der Waals surface area contributed by atoms with Crippen molar-refractivity contribution in [3.8, 4) is 11.5 Å². The number of hydrogen-bond donors (Lipinski definition) is 1. The average Bonchev–Trinajstić information content (AvgIpc) is 2.42. The lowest BCUT2D eigenvalue weighted by molar-refractivity contribution is -0.384. The fourth-order valence-corrected chi connectivity index (χ4v) is 2.39. The Bertz CT molecular complexity index is 662. The molecule has 104 valence electrons. The van der Waals surface area contributed by atoms with Gasteiger partial charge in [0, 0.05) is 12.6 Å². The molecule has 20 heavy (non-hydrogen) atoms. The molecule has 2 aromatic rings. The van der Waals surface area contributed by atoms with Gasteiger partial charge in [-0.3, -0.25) is 10.1 Å². The van der Waals surface area contributed by atoms with Crippen LogP contribution >= 0.6 is 31.9 Å². The third-order valence-electron chi connectivity index (χ3n) is 2.58. The van der Waals surface area contributed by atoms with Gasteiger partial charge < -0.3 is 10.5 Å². The van der Waals surface area contributed by atoms with Gasteiger partial charge in [-0.15, -0.1) is 0 Å². The zero-order valence-corrected chi connectivity index (χ0v) is 13.3. The molecule has 0 heterocycles. The van der Waals surface area contributed by atoms with Gasteiger partial charge in [0.25, 0.3) is 5.69 Å². The van der Waals surface area contributed by atoms with E-state index in [0.717, 1.165) is 10.0 Å². The molecule has 0 aliphatic rings. The largest absolute Gasteiger partial charge is 0.455 e. The molecule has 0 saturated heterocycles. The smallest absolute Gasteiger partial charge is 0.273 e. The molecule has 0 radical (unpaired) electrons. The fourth-order valence-electron chi connectivity index (χ4n) is 1.56. The van der Waals surface area contributed by atoms with Crippen molar-refractivity contribution in [3.05, 3.63) is 61.0 Å². The van der Waals surface area contributed by atoms with E-state index in [0.29, 0.717) is 22.5 Å². The lowest BCUT2D eigenvalue weighted by Gasteiger charge is -2.10. The van der Waals surface area contributed by atoms with Crippen LogP contribution in [0.5, 0.6) is 11.5 Å². The quantitative estimate of drug-likeness (QED) is 0.609. The monoisotopic (exact) mass is 400 g/mol. The van der Waals surface area contributed by atoms with Crippen LogP contribution in [0, 0.1) is 10.1 Å². The van der Waals surface area contributed by atoms with Crippen LogP contribution in [0.4, 0.5) is 5.69 Å². The SMILES string of the molecule is NCc1ccc(Oc2cc([N+](=O)[O-])ccc2Br)c(Br)c1. The summed E-state index contributed by atoms with van der Waals surface area (Å²) < 4.78 is 7.06. The third-order valence-corrected chi connectivity index (χ3v) is 3.85. The summed E-state index contributed by atoms with van der Waals surface area (Å²) in [5.74, 6) is 0.934. The van der Waals surface area contributed by atoms with Gasteiger partial charge in [-0.25, -0.2) is 0 Å². The summed E-state index contributed by atoms with van der Waals surface area (Å²) in [6.45, 7) is 0.430. The molecule has 2 rings (SSSR count). The van der Waals surface area contributed by atoms with Crippen LogP contribution in [0.15, 0.2) is 45.3 Å². The van der Waals surface area contributed by atoms with Crippen LogP contribution in [0.25, 0.3) is 0 Å². The number of nitro benzene ring substituents is 1. The Morgan fingerprint density at radius 1 is 1.10 bits per heavy atom. The number of nitro groups is 1. The minimum absolute atomic E-state index is 0.0297. The summed E-state index contributed by atoms with van der Waals surface area (Å²) in [4.78, 5) is 10.3. The summed E-state index contributed by atoms with van der Waals surface area (Å²) in [6, 6.07) is 9.80. The molecule has 0 saturated carbocycles. The Morgan fingerprint density at radius 3 is 2.45 bits per heavy atom. The van der Waals surface area contributed by atoms with Crippen molar-refractivity contribution in [1.29, 1.82) is 0 Å².